The van der Waals surface area contributed by atoms with Crippen LogP contribution in [0.4, 0.5) is 5.69 Å². The van der Waals surface area contributed by atoms with Crippen molar-refractivity contribution in [3.8, 4) is 0 Å². The van der Waals surface area contributed by atoms with Crippen LogP contribution in [0.2, 0.25) is 5.02 Å². The Morgan fingerprint density at radius 2 is 2.07 bits per heavy atom. The van der Waals surface area contributed by atoms with Crippen LogP contribution in [0, 0.1) is 0 Å². The van der Waals surface area contributed by atoms with E-state index in [1.807, 2.05) is 12.1 Å². The third-order valence-electron chi connectivity index (χ3n) is 4.61. The summed E-state index contributed by atoms with van der Waals surface area (Å²) >= 11 is 5.94. The first-order valence-electron chi connectivity index (χ1n) is 8.88. The molecule has 1 aromatic heterocycles. The molecule has 0 radical (unpaired) electrons. The van der Waals surface area contributed by atoms with Crippen LogP contribution in [-0.2, 0) is 17.8 Å². The third-order valence-corrected chi connectivity index (χ3v) is 4.84. The van der Waals surface area contributed by atoms with Crippen LogP contribution >= 0.6 is 11.6 Å². The molecule has 0 saturated heterocycles. The van der Waals surface area contributed by atoms with Gasteiger partial charge in [0.2, 0.25) is 5.91 Å². The number of nitrogens with zero attached hydrogens (tertiary/aromatic N) is 2. The van der Waals surface area contributed by atoms with Crippen molar-refractivity contribution in [3.05, 3.63) is 75.3 Å². The molecule has 3 aromatic rings. The highest BCUT2D eigenvalue weighted by atomic mass is 35.5. The largest absolute Gasteiger partial charge is 0.322 e. The first-order valence-corrected chi connectivity index (χ1v) is 9.26. The summed E-state index contributed by atoms with van der Waals surface area (Å²) in [6.07, 6.45) is 6.01. The Kier molecular flexibility index (Phi) is 4.77. The van der Waals surface area contributed by atoms with Gasteiger partial charge in [-0.3, -0.25) is 14.2 Å². The van der Waals surface area contributed by atoms with Gasteiger partial charge in [0.1, 0.15) is 5.82 Å². The topological polar surface area (TPSA) is 64.0 Å². The first kappa shape index (κ1) is 17.5. The van der Waals surface area contributed by atoms with Gasteiger partial charge in [0.05, 0.1) is 10.9 Å². The van der Waals surface area contributed by atoms with E-state index in [1.54, 1.807) is 41.0 Å². The number of benzene rings is 2. The number of fused-ring (bicyclic) bond motifs is 2. The zero-order valence-corrected chi connectivity index (χ0v) is 15.4. The van der Waals surface area contributed by atoms with E-state index >= 15 is 0 Å². The number of hydrogen-bond donors (Lipinski definition) is 1. The summed E-state index contributed by atoms with van der Waals surface area (Å²) in [5, 5.41) is 3.93. The lowest BCUT2D eigenvalue weighted by Gasteiger charge is -2.17. The smallest absolute Gasteiger partial charge is 0.261 e. The molecule has 2 aromatic carbocycles. The van der Waals surface area contributed by atoms with Gasteiger partial charge in [-0.2, -0.15) is 0 Å². The van der Waals surface area contributed by atoms with Crippen molar-refractivity contribution in [2.24, 2.45) is 0 Å². The third kappa shape index (κ3) is 3.78. The molecule has 4 rings (SSSR count). The first-order chi connectivity index (χ1) is 13.1. The zero-order chi connectivity index (χ0) is 18.8. The summed E-state index contributed by atoms with van der Waals surface area (Å²) in [5.41, 5.74) is 2.03. The standard InChI is InChI=1S/C21H18ClN3O2/c22-15-5-3-4-14(12-15)7-10-20(26)23-16-8-9-18-17(13-16)21(27)25-11-2-1-6-19(25)24-18/h3-5,7-10,12-13H,1-2,6,11H2,(H,23,26)/b10-7+. The molecular formula is C21H18ClN3O2. The molecule has 0 bridgehead atoms. The molecule has 1 aliphatic heterocycles. The van der Waals surface area contributed by atoms with Crippen LogP contribution in [0.25, 0.3) is 17.0 Å². The summed E-state index contributed by atoms with van der Waals surface area (Å²) in [4.78, 5) is 29.5. The molecule has 6 heteroatoms. The Morgan fingerprint density at radius 3 is 2.93 bits per heavy atom. The van der Waals surface area contributed by atoms with Gasteiger partial charge in [-0.15, -0.1) is 0 Å². The maximum atomic E-state index is 12.7. The molecule has 0 atom stereocenters. The molecule has 2 heterocycles. The molecule has 0 unspecified atom stereocenters. The molecule has 0 aliphatic carbocycles. The van der Waals surface area contributed by atoms with Gasteiger partial charge in [0.25, 0.3) is 5.56 Å². The number of halogens is 1. The number of anilines is 1. The molecule has 0 spiro atoms. The second-order valence-corrected chi connectivity index (χ2v) is 6.99. The van der Waals surface area contributed by atoms with Crippen molar-refractivity contribution in [3.63, 3.8) is 0 Å². The Hall–Kier alpha value is -2.92. The van der Waals surface area contributed by atoms with E-state index in [9.17, 15) is 9.59 Å². The van der Waals surface area contributed by atoms with Crippen LogP contribution in [0.1, 0.15) is 24.2 Å². The maximum Gasteiger partial charge on any atom is 0.261 e. The van der Waals surface area contributed by atoms with Crippen LogP contribution in [-0.4, -0.2) is 15.5 Å². The molecule has 1 N–H and O–H groups in total. The van der Waals surface area contributed by atoms with Gasteiger partial charge in [-0.05, 0) is 54.8 Å². The minimum atomic E-state index is -0.277. The number of aromatic nitrogens is 2. The average molecular weight is 380 g/mol. The van der Waals surface area contributed by atoms with E-state index in [4.69, 9.17) is 11.6 Å². The molecule has 1 amide bonds. The fraction of sp³-hybridized carbons (Fsp3) is 0.190. The number of carbonyl (C=O) groups excluding carboxylic acids is 1. The van der Waals surface area contributed by atoms with Gasteiger partial charge < -0.3 is 5.32 Å². The lowest BCUT2D eigenvalue weighted by molar-refractivity contribution is -0.111. The Balaban J connectivity index is 1.58. The van der Waals surface area contributed by atoms with E-state index in [1.165, 1.54) is 6.08 Å². The molecule has 136 valence electrons. The summed E-state index contributed by atoms with van der Waals surface area (Å²) in [7, 11) is 0. The highest BCUT2D eigenvalue weighted by Gasteiger charge is 2.15. The number of rotatable bonds is 3. The average Bonchev–Trinajstić information content (AvgIpc) is 2.67. The molecule has 0 fully saturated rings. The fourth-order valence-electron chi connectivity index (χ4n) is 3.29. The van der Waals surface area contributed by atoms with Crippen molar-refractivity contribution >= 4 is 40.2 Å². The SMILES string of the molecule is O=C(/C=C/c1cccc(Cl)c1)Nc1ccc2nc3n(c(=O)c2c1)CCCC3. The van der Waals surface area contributed by atoms with Crippen LogP contribution in [0.15, 0.2) is 53.3 Å². The van der Waals surface area contributed by atoms with Gasteiger partial charge in [0, 0.05) is 29.8 Å². The highest BCUT2D eigenvalue weighted by molar-refractivity contribution is 6.30. The number of amides is 1. The molecule has 5 nitrogen and oxygen atoms in total. The lowest BCUT2D eigenvalue weighted by Crippen LogP contribution is -2.28. The summed E-state index contributed by atoms with van der Waals surface area (Å²) in [6, 6.07) is 12.5. The predicted molar refractivity (Wildman–Crippen MR) is 108 cm³/mol. The number of hydrogen-bond acceptors (Lipinski definition) is 3. The van der Waals surface area contributed by atoms with Crippen LogP contribution < -0.4 is 10.9 Å². The Labute approximate surface area is 161 Å². The van der Waals surface area contributed by atoms with E-state index in [2.05, 4.69) is 10.3 Å². The lowest BCUT2D eigenvalue weighted by atomic mass is 10.1. The molecule has 0 saturated carbocycles. The molecule has 27 heavy (non-hydrogen) atoms. The van der Waals surface area contributed by atoms with Crippen LogP contribution in [0.3, 0.4) is 0 Å². The maximum absolute atomic E-state index is 12.7. The molecule has 1 aliphatic rings. The van der Waals surface area contributed by atoms with Crippen LogP contribution in [0.5, 0.6) is 0 Å². The van der Waals surface area contributed by atoms with E-state index in [-0.39, 0.29) is 11.5 Å². The number of carbonyl (C=O) groups is 1. The minimum absolute atomic E-state index is 0.0414. The number of aryl methyl sites for hydroxylation is 1. The summed E-state index contributed by atoms with van der Waals surface area (Å²) in [6.45, 7) is 0.704. The van der Waals surface area contributed by atoms with E-state index in [0.29, 0.717) is 28.2 Å². The summed E-state index contributed by atoms with van der Waals surface area (Å²) in [5.74, 6) is 0.570. The van der Waals surface area contributed by atoms with Crippen molar-refractivity contribution < 1.29 is 4.79 Å². The minimum Gasteiger partial charge on any atom is -0.322 e. The van der Waals surface area contributed by atoms with Gasteiger partial charge in [0.15, 0.2) is 0 Å². The molecular weight excluding hydrogens is 362 g/mol. The van der Waals surface area contributed by atoms with E-state index < -0.39 is 0 Å². The Bertz CT molecular complexity index is 1120. The van der Waals surface area contributed by atoms with Crippen molar-refractivity contribution in [1.29, 1.82) is 0 Å². The quantitative estimate of drug-likeness (QED) is 0.698. The zero-order valence-electron chi connectivity index (χ0n) is 14.6. The normalized spacial score (nSPS) is 13.7. The van der Waals surface area contributed by atoms with Gasteiger partial charge in [-0.1, -0.05) is 23.7 Å². The second kappa shape index (κ2) is 7.37. The summed E-state index contributed by atoms with van der Waals surface area (Å²) < 4.78 is 1.75. The Morgan fingerprint density at radius 1 is 1.19 bits per heavy atom. The monoisotopic (exact) mass is 379 g/mol. The predicted octanol–water partition coefficient (Wildman–Crippen LogP) is 4.04. The fourth-order valence-corrected chi connectivity index (χ4v) is 3.48. The van der Waals surface area contributed by atoms with Gasteiger partial charge >= 0.3 is 0 Å². The van der Waals surface area contributed by atoms with Gasteiger partial charge in [-0.25, -0.2) is 4.98 Å². The van der Waals surface area contributed by atoms with Crippen molar-refractivity contribution in [2.75, 3.05) is 5.32 Å². The second-order valence-electron chi connectivity index (χ2n) is 6.55. The van der Waals surface area contributed by atoms with Crippen molar-refractivity contribution in [2.45, 2.75) is 25.8 Å². The van der Waals surface area contributed by atoms with E-state index in [0.717, 1.165) is 30.7 Å². The number of nitrogens with one attached hydrogen (secondary N) is 1. The highest BCUT2D eigenvalue weighted by Crippen LogP contribution is 2.18. The van der Waals surface area contributed by atoms with Crippen molar-refractivity contribution in [1.82, 2.24) is 9.55 Å².